The Hall–Kier alpha value is -0.120. The van der Waals surface area contributed by atoms with E-state index in [0.29, 0.717) is 5.30 Å². The predicted octanol–water partition coefficient (Wildman–Crippen LogP) is -1.83. The zero-order valence-corrected chi connectivity index (χ0v) is 11.4. The summed E-state index contributed by atoms with van der Waals surface area (Å²) in [5.41, 5.74) is 0. The van der Waals surface area contributed by atoms with E-state index in [1.807, 2.05) is 0 Å². The normalized spacial score (nSPS) is 13.7. The Labute approximate surface area is 112 Å². The van der Waals surface area contributed by atoms with Gasteiger partial charge in [0.25, 0.3) is 0 Å². The summed E-state index contributed by atoms with van der Waals surface area (Å²) in [5.74, 6) is -1.06. The molecule has 1 aromatic rings. The number of carboxylic acids is 1. The topological polar surface area (TPSA) is 74.6 Å². The van der Waals surface area contributed by atoms with Crippen LogP contribution < -0.4 is 34.9 Å². The van der Waals surface area contributed by atoms with Crippen LogP contribution in [0.4, 0.5) is 0 Å². The van der Waals surface area contributed by atoms with Gasteiger partial charge in [0.15, 0.2) is 0 Å². The van der Waals surface area contributed by atoms with Gasteiger partial charge in [-0.2, -0.15) is 0 Å². The van der Waals surface area contributed by atoms with E-state index in [1.54, 1.807) is 18.2 Å². The SMILES string of the molecule is O=C(O)CCP(=O)(O)c1ccccc1.[H-].[Na+]. The van der Waals surface area contributed by atoms with Gasteiger partial charge in [0.05, 0.1) is 6.42 Å². The van der Waals surface area contributed by atoms with Crippen LogP contribution in [0.1, 0.15) is 7.85 Å². The molecule has 0 saturated heterocycles. The van der Waals surface area contributed by atoms with Gasteiger partial charge in [-0.1, -0.05) is 18.2 Å². The first-order valence-electron chi connectivity index (χ1n) is 4.11. The van der Waals surface area contributed by atoms with Gasteiger partial charge >= 0.3 is 35.5 Å². The predicted molar refractivity (Wildman–Crippen MR) is 54.1 cm³/mol. The van der Waals surface area contributed by atoms with E-state index in [2.05, 4.69) is 0 Å². The van der Waals surface area contributed by atoms with E-state index in [4.69, 9.17) is 5.11 Å². The summed E-state index contributed by atoms with van der Waals surface area (Å²) >= 11 is 0. The third-order valence-corrected chi connectivity index (χ3v) is 3.72. The summed E-state index contributed by atoms with van der Waals surface area (Å²) in [7, 11) is -3.48. The molecule has 0 radical (unpaired) electrons. The van der Waals surface area contributed by atoms with Crippen molar-refractivity contribution in [2.75, 3.05) is 6.16 Å². The van der Waals surface area contributed by atoms with Crippen LogP contribution in [0.3, 0.4) is 0 Å². The van der Waals surface area contributed by atoms with Crippen molar-refractivity contribution in [2.24, 2.45) is 0 Å². The maximum atomic E-state index is 11.6. The maximum Gasteiger partial charge on any atom is 1.00 e. The van der Waals surface area contributed by atoms with Crippen molar-refractivity contribution in [2.45, 2.75) is 6.42 Å². The first-order chi connectivity index (χ1) is 6.52. The van der Waals surface area contributed by atoms with Crippen molar-refractivity contribution in [3.8, 4) is 0 Å². The summed E-state index contributed by atoms with van der Waals surface area (Å²) < 4.78 is 11.6. The Balaban J connectivity index is 0. The number of benzene rings is 1. The van der Waals surface area contributed by atoms with Gasteiger partial charge in [0.1, 0.15) is 0 Å². The molecule has 0 saturated carbocycles. The molecule has 0 aromatic heterocycles. The molecule has 1 rings (SSSR count). The zero-order valence-electron chi connectivity index (χ0n) is 9.46. The van der Waals surface area contributed by atoms with E-state index in [0.717, 1.165) is 0 Å². The molecule has 0 spiro atoms. The van der Waals surface area contributed by atoms with E-state index in [1.165, 1.54) is 12.1 Å². The monoisotopic (exact) mass is 238 g/mol. The largest absolute Gasteiger partial charge is 1.00 e. The molecule has 0 aliphatic rings. The number of hydrogen-bond acceptors (Lipinski definition) is 2. The number of aliphatic carboxylic acids is 1. The smallest absolute Gasteiger partial charge is 1.00 e. The average molecular weight is 238 g/mol. The van der Waals surface area contributed by atoms with Crippen LogP contribution in [0.5, 0.6) is 0 Å². The van der Waals surface area contributed by atoms with E-state index in [9.17, 15) is 14.3 Å². The molecular weight excluding hydrogens is 226 g/mol. The van der Waals surface area contributed by atoms with E-state index in [-0.39, 0.29) is 43.6 Å². The van der Waals surface area contributed by atoms with Crippen LogP contribution in [-0.4, -0.2) is 22.1 Å². The summed E-state index contributed by atoms with van der Waals surface area (Å²) in [6.45, 7) is 0. The van der Waals surface area contributed by atoms with Gasteiger partial charge in [-0.05, 0) is 12.1 Å². The number of hydrogen-bond donors (Lipinski definition) is 2. The molecule has 0 aliphatic heterocycles. The fourth-order valence-electron chi connectivity index (χ4n) is 1.04. The molecule has 0 bridgehead atoms. The second-order valence-electron chi connectivity index (χ2n) is 2.90. The van der Waals surface area contributed by atoms with Gasteiger partial charge in [-0.25, -0.2) is 0 Å². The Bertz CT molecular complexity index is 371. The van der Waals surface area contributed by atoms with Gasteiger partial charge < -0.3 is 11.4 Å². The summed E-state index contributed by atoms with van der Waals surface area (Å²) in [6, 6.07) is 8.10. The molecule has 6 heteroatoms. The van der Waals surface area contributed by atoms with Crippen molar-refractivity contribution >= 4 is 18.6 Å². The zero-order chi connectivity index (χ0) is 10.6. The Morgan fingerprint density at radius 1 is 1.33 bits per heavy atom. The molecule has 0 amide bonds. The van der Waals surface area contributed by atoms with Crippen molar-refractivity contribution in [3.05, 3.63) is 30.3 Å². The molecule has 1 atom stereocenters. The number of carbonyl (C=O) groups is 1. The van der Waals surface area contributed by atoms with Crippen molar-refractivity contribution in [3.63, 3.8) is 0 Å². The minimum absolute atomic E-state index is 0. The third-order valence-electron chi connectivity index (χ3n) is 1.79. The fourth-order valence-corrected chi connectivity index (χ4v) is 2.43. The Morgan fingerprint density at radius 3 is 2.33 bits per heavy atom. The molecule has 0 aliphatic carbocycles. The van der Waals surface area contributed by atoms with Crippen LogP contribution in [0.15, 0.2) is 30.3 Å². The summed E-state index contributed by atoms with van der Waals surface area (Å²) in [4.78, 5) is 19.8. The molecule has 15 heavy (non-hydrogen) atoms. The van der Waals surface area contributed by atoms with Crippen LogP contribution in [-0.2, 0) is 9.36 Å². The van der Waals surface area contributed by atoms with Crippen LogP contribution in [0.25, 0.3) is 0 Å². The average Bonchev–Trinajstić information content (AvgIpc) is 2.16. The molecule has 4 nitrogen and oxygen atoms in total. The van der Waals surface area contributed by atoms with Crippen molar-refractivity contribution in [1.29, 1.82) is 0 Å². The van der Waals surface area contributed by atoms with Crippen molar-refractivity contribution in [1.82, 2.24) is 0 Å². The summed E-state index contributed by atoms with van der Waals surface area (Å²) in [6.07, 6.45) is -0.505. The first kappa shape index (κ1) is 14.9. The van der Waals surface area contributed by atoms with Crippen LogP contribution >= 0.6 is 7.37 Å². The van der Waals surface area contributed by atoms with Gasteiger partial charge in [0, 0.05) is 11.5 Å². The van der Waals surface area contributed by atoms with E-state index < -0.39 is 13.3 Å². The minimum Gasteiger partial charge on any atom is -1.00 e. The molecule has 0 heterocycles. The Kier molecular flexibility index (Phi) is 6.41. The number of rotatable bonds is 4. The van der Waals surface area contributed by atoms with Gasteiger partial charge in [0.2, 0.25) is 7.37 Å². The van der Waals surface area contributed by atoms with Gasteiger partial charge in [-0.15, -0.1) is 0 Å². The number of carboxylic acid groups (broad SMARTS) is 1. The van der Waals surface area contributed by atoms with Gasteiger partial charge in [-0.3, -0.25) is 9.36 Å². The molecule has 0 fully saturated rings. The van der Waals surface area contributed by atoms with Crippen LogP contribution in [0.2, 0.25) is 0 Å². The fraction of sp³-hybridized carbons (Fsp3) is 0.222. The van der Waals surface area contributed by atoms with Crippen LogP contribution in [0, 0.1) is 0 Å². The Morgan fingerprint density at radius 2 is 1.87 bits per heavy atom. The minimum atomic E-state index is -3.48. The molecule has 2 N–H and O–H groups in total. The molecule has 78 valence electrons. The molecular formula is C9H12NaO4P. The second kappa shape index (κ2) is 6.46. The third kappa shape index (κ3) is 4.96. The van der Waals surface area contributed by atoms with Crippen molar-refractivity contribution < 1.29 is 50.3 Å². The standard InChI is InChI=1S/C9H11O4P.Na.H/c10-9(11)6-7-14(12,13)8-4-2-1-3-5-8;;/h1-5H,6-7H2,(H,10,11)(H,12,13);;/q;+1;-1. The summed E-state index contributed by atoms with van der Waals surface area (Å²) in [5, 5.41) is 8.70. The van der Waals surface area contributed by atoms with E-state index >= 15 is 0 Å². The molecule has 1 aromatic carbocycles. The quantitative estimate of drug-likeness (QED) is 0.478. The molecule has 1 unspecified atom stereocenters. The maximum absolute atomic E-state index is 11.6. The second-order valence-corrected chi connectivity index (χ2v) is 5.27. The first-order valence-corrected chi connectivity index (χ1v) is 5.96.